The number of benzene rings is 2. The van der Waals surface area contributed by atoms with E-state index in [2.05, 4.69) is 20.8 Å². The summed E-state index contributed by atoms with van der Waals surface area (Å²) in [6.45, 7) is 10.3. The Balaban J connectivity index is 1.94. The number of anilines is 1. The van der Waals surface area contributed by atoms with Crippen LogP contribution in [-0.4, -0.2) is 45.5 Å². The third-order valence-corrected chi connectivity index (χ3v) is 11.5. The molecule has 0 saturated carbocycles. The minimum atomic E-state index is -5.15. The van der Waals surface area contributed by atoms with Crippen molar-refractivity contribution in [1.82, 2.24) is 4.90 Å². The van der Waals surface area contributed by atoms with Crippen LogP contribution in [-0.2, 0) is 23.4 Å². The van der Waals surface area contributed by atoms with Gasteiger partial charge in [-0.2, -0.15) is 26.3 Å². The van der Waals surface area contributed by atoms with Crippen LogP contribution in [0.25, 0.3) is 0 Å². The number of halogens is 6. The second kappa shape index (κ2) is 10.8. The number of carbonyl (C=O) groups is 1. The van der Waals surface area contributed by atoms with Crippen LogP contribution in [0.4, 0.5) is 36.8 Å². The molecule has 0 spiro atoms. The first kappa shape index (κ1) is 29.8. The molecule has 210 valence electrons. The van der Waals surface area contributed by atoms with E-state index in [0.29, 0.717) is 11.6 Å². The van der Waals surface area contributed by atoms with Crippen molar-refractivity contribution in [2.24, 2.45) is 0 Å². The summed E-state index contributed by atoms with van der Waals surface area (Å²) in [7, 11) is -2.11. The summed E-state index contributed by atoms with van der Waals surface area (Å²) in [5.74, 6) is -0.818. The molecule has 12 heteroatoms. The van der Waals surface area contributed by atoms with Gasteiger partial charge in [-0.15, -0.1) is 0 Å². The molecule has 2 amide bonds. The Labute approximate surface area is 219 Å². The Morgan fingerprint density at radius 1 is 0.921 bits per heavy atom. The number of urea groups is 1. The lowest BCUT2D eigenvalue weighted by molar-refractivity contribution is -0.143. The van der Waals surface area contributed by atoms with Crippen LogP contribution in [0.1, 0.15) is 37.5 Å². The summed E-state index contributed by atoms with van der Waals surface area (Å²) >= 11 is 0. The Morgan fingerprint density at radius 3 is 2.11 bits per heavy atom. The lowest BCUT2D eigenvalue weighted by Crippen LogP contribution is -2.43. The number of hydrogen-bond donors (Lipinski definition) is 0. The fraction of sp³-hybridized carbons (Fsp3) is 0.500. The number of rotatable bonds is 8. The molecule has 1 saturated heterocycles. The maximum atomic E-state index is 14.0. The van der Waals surface area contributed by atoms with Crippen LogP contribution in [0.5, 0.6) is 5.75 Å². The smallest absolute Gasteiger partial charge is 0.420 e. The topological polar surface area (TPSA) is 42.0 Å². The summed E-state index contributed by atoms with van der Waals surface area (Å²) < 4.78 is 94.4. The molecular formula is C26H32F6N2O3Si. The first-order valence-electron chi connectivity index (χ1n) is 12.1. The second-order valence-corrected chi connectivity index (χ2v) is 15.5. The molecule has 0 atom stereocenters. The van der Waals surface area contributed by atoms with Gasteiger partial charge in [0, 0.05) is 19.6 Å². The Hall–Kier alpha value is -2.73. The van der Waals surface area contributed by atoms with Crippen molar-refractivity contribution >= 4 is 20.0 Å². The van der Waals surface area contributed by atoms with Gasteiger partial charge in [-0.05, 0) is 35.8 Å². The van der Waals surface area contributed by atoms with E-state index < -0.39 is 49.3 Å². The van der Waals surface area contributed by atoms with Gasteiger partial charge in [0.2, 0.25) is 0 Å². The number of ether oxygens (including phenoxy) is 1. The van der Waals surface area contributed by atoms with Crippen molar-refractivity contribution in [2.75, 3.05) is 31.1 Å². The van der Waals surface area contributed by atoms with Gasteiger partial charge in [-0.25, -0.2) is 4.79 Å². The molecule has 0 aliphatic carbocycles. The zero-order valence-corrected chi connectivity index (χ0v) is 23.0. The molecule has 0 unspecified atom stereocenters. The average Bonchev–Trinajstić information content (AvgIpc) is 3.15. The summed E-state index contributed by atoms with van der Waals surface area (Å²) in [4.78, 5) is 15.5. The van der Waals surface area contributed by atoms with Crippen molar-refractivity contribution < 1.29 is 40.3 Å². The van der Waals surface area contributed by atoms with Crippen molar-refractivity contribution in [2.45, 2.75) is 57.9 Å². The van der Waals surface area contributed by atoms with E-state index >= 15 is 0 Å². The van der Waals surface area contributed by atoms with Crippen LogP contribution in [0.2, 0.25) is 18.1 Å². The fourth-order valence-electron chi connectivity index (χ4n) is 3.71. The second-order valence-electron chi connectivity index (χ2n) is 10.7. The summed E-state index contributed by atoms with van der Waals surface area (Å²) in [5.41, 5.74) is -3.16. The lowest BCUT2D eigenvalue weighted by Gasteiger charge is -2.36. The zero-order chi connectivity index (χ0) is 28.5. The first-order valence-corrected chi connectivity index (χ1v) is 15.0. The van der Waals surface area contributed by atoms with Gasteiger partial charge >= 0.3 is 18.4 Å². The van der Waals surface area contributed by atoms with Gasteiger partial charge in [-0.3, -0.25) is 4.90 Å². The van der Waals surface area contributed by atoms with Crippen molar-refractivity contribution in [3.05, 3.63) is 59.2 Å². The number of nitrogens with zero attached hydrogens (tertiary/aromatic N) is 2. The number of carbonyl (C=O) groups excluding carboxylic acids is 1. The van der Waals surface area contributed by atoms with E-state index in [0.717, 1.165) is 4.90 Å². The highest BCUT2D eigenvalue weighted by molar-refractivity contribution is 6.74. The SMILES string of the molecule is CC(C)(C)[Si](C)(C)OCCN1CCN(c2cc(C(F)(F)F)cc(C(F)(F)F)c2OCc2ccccc2)C1=O. The van der Waals surface area contributed by atoms with Crippen LogP contribution < -0.4 is 9.64 Å². The van der Waals surface area contributed by atoms with Crippen LogP contribution in [0, 0.1) is 0 Å². The lowest BCUT2D eigenvalue weighted by atomic mass is 10.1. The predicted octanol–water partition coefficient (Wildman–Crippen LogP) is 7.57. The molecule has 0 radical (unpaired) electrons. The van der Waals surface area contributed by atoms with E-state index in [-0.39, 0.29) is 44.0 Å². The molecule has 2 aromatic carbocycles. The third kappa shape index (κ3) is 6.82. The fourth-order valence-corrected chi connectivity index (χ4v) is 4.75. The minimum Gasteiger partial charge on any atom is -0.486 e. The van der Waals surface area contributed by atoms with Crippen molar-refractivity contribution in [3.63, 3.8) is 0 Å². The van der Waals surface area contributed by atoms with Crippen LogP contribution >= 0.6 is 0 Å². The summed E-state index contributed by atoms with van der Waals surface area (Å²) in [6, 6.07) is 8.11. The van der Waals surface area contributed by atoms with E-state index in [4.69, 9.17) is 9.16 Å². The molecule has 0 N–H and O–H groups in total. The standard InChI is InChI=1S/C26H32F6N2O3Si/c1-24(2,3)38(4,5)37-14-13-33-11-12-34(23(33)35)21-16-19(25(27,28)29)15-20(26(30,31)32)22(21)36-17-18-9-7-6-8-10-18/h6-10,15-16H,11-14,17H2,1-5H3. The van der Waals surface area contributed by atoms with E-state index in [1.54, 1.807) is 30.3 Å². The van der Waals surface area contributed by atoms with Gasteiger partial charge < -0.3 is 14.1 Å². The summed E-state index contributed by atoms with van der Waals surface area (Å²) in [6.07, 6.45) is -10.2. The molecule has 1 aliphatic rings. The molecule has 38 heavy (non-hydrogen) atoms. The van der Waals surface area contributed by atoms with Gasteiger partial charge in [-0.1, -0.05) is 51.1 Å². The monoisotopic (exact) mass is 562 g/mol. The number of alkyl halides is 6. The molecular weight excluding hydrogens is 530 g/mol. The molecule has 3 rings (SSSR count). The molecule has 1 aliphatic heterocycles. The molecule has 0 bridgehead atoms. The zero-order valence-electron chi connectivity index (χ0n) is 22.0. The highest BCUT2D eigenvalue weighted by atomic mass is 28.4. The molecule has 2 aromatic rings. The van der Waals surface area contributed by atoms with E-state index in [9.17, 15) is 31.1 Å². The van der Waals surface area contributed by atoms with E-state index in [1.165, 1.54) is 4.90 Å². The largest absolute Gasteiger partial charge is 0.486 e. The maximum absolute atomic E-state index is 14.0. The van der Waals surface area contributed by atoms with Crippen molar-refractivity contribution in [3.8, 4) is 5.75 Å². The third-order valence-electron chi connectivity index (χ3n) is 6.94. The average molecular weight is 563 g/mol. The molecule has 0 aromatic heterocycles. The Kier molecular flexibility index (Phi) is 8.47. The molecule has 5 nitrogen and oxygen atoms in total. The Bertz CT molecular complexity index is 1130. The molecule has 1 heterocycles. The first-order chi connectivity index (χ1) is 17.4. The quantitative estimate of drug-likeness (QED) is 0.246. The van der Waals surface area contributed by atoms with Crippen LogP contribution in [0.3, 0.4) is 0 Å². The van der Waals surface area contributed by atoms with Gasteiger partial charge in [0.05, 0.1) is 17.9 Å². The maximum Gasteiger partial charge on any atom is 0.420 e. The normalized spacial score (nSPS) is 15.4. The summed E-state index contributed by atoms with van der Waals surface area (Å²) in [5, 5.41) is -0.0644. The van der Waals surface area contributed by atoms with Crippen LogP contribution in [0.15, 0.2) is 42.5 Å². The van der Waals surface area contributed by atoms with Gasteiger partial charge in [0.15, 0.2) is 14.1 Å². The highest BCUT2D eigenvalue weighted by Crippen LogP contribution is 2.47. The number of amides is 2. The minimum absolute atomic E-state index is 0.0230. The predicted molar refractivity (Wildman–Crippen MR) is 135 cm³/mol. The molecule has 1 fully saturated rings. The van der Waals surface area contributed by atoms with Crippen molar-refractivity contribution in [1.29, 1.82) is 0 Å². The number of hydrogen-bond acceptors (Lipinski definition) is 3. The highest BCUT2D eigenvalue weighted by Gasteiger charge is 2.43. The van der Waals surface area contributed by atoms with Gasteiger partial charge in [0.1, 0.15) is 12.2 Å². The Morgan fingerprint density at radius 2 is 1.55 bits per heavy atom. The van der Waals surface area contributed by atoms with E-state index in [1.807, 2.05) is 13.1 Å². The van der Waals surface area contributed by atoms with Gasteiger partial charge in [0.25, 0.3) is 0 Å².